The van der Waals surface area contributed by atoms with E-state index >= 15 is 0 Å². The summed E-state index contributed by atoms with van der Waals surface area (Å²) in [5, 5.41) is 2.09. The summed E-state index contributed by atoms with van der Waals surface area (Å²) in [4.78, 5) is 24.3. The van der Waals surface area contributed by atoms with Crippen LogP contribution >= 0.6 is 0 Å². The fraction of sp³-hybridized carbons (Fsp3) is 0.100. The second-order valence-electron chi connectivity index (χ2n) is 5.56. The van der Waals surface area contributed by atoms with Gasteiger partial charge in [0.15, 0.2) is 0 Å². The summed E-state index contributed by atoms with van der Waals surface area (Å²) >= 11 is 0. The highest BCUT2D eigenvalue weighted by Crippen LogP contribution is 2.31. The lowest BCUT2D eigenvalue weighted by atomic mass is 10.1. The largest absolute Gasteiger partial charge is 0.463 e. The molecule has 4 rings (SSSR count). The van der Waals surface area contributed by atoms with Crippen LogP contribution in [0, 0.1) is 0 Å². The molecule has 1 aromatic carbocycles. The SMILES string of the molecule is CCOC(=O)/C=C/c1c2c3ccccc3oc(=O)c2c2ccccn12. The fourth-order valence-electron chi connectivity index (χ4n) is 3.13. The van der Waals surface area contributed by atoms with E-state index in [0.717, 1.165) is 22.0 Å². The predicted octanol–water partition coefficient (Wildman–Crippen LogP) is 3.78. The van der Waals surface area contributed by atoms with E-state index in [1.807, 2.05) is 47.0 Å². The van der Waals surface area contributed by atoms with Gasteiger partial charge in [0.25, 0.3) is 0 Å². The number of hydrogen-bond donors (Lipinski definition) is 0. The third-order valence-electron chi connectivity index (χ3n) is 4.11. The van der Waals surface area contributed by atoms with Gasteiger partial charge in [0.2, 0.25) is 0 Å². The van der Waals surface area contributed by atoms with Crippen molar-refractivity contribution in [3.05, 3.63) is 70.9 Å². The van der Waals surface area contributed by atoms with E-state index in [9.17, 15) is 9.59 Å². The molecule has 0 spiro atoms. The summed E-state index contributed by atoms with van der Waals surface area (Å²) < 4.78 is 12.3. The predicted molar refractivity (Wildman–Crippen MR) is 96.6 cm³/mol. The van der Waals surface area contributed by atoms with Gasteiger partial charge in [-0.2, -0.15) is 0 Å². The number of rotatable bonds is 3. The Morgan fingerprint density at radius 1 is 1.16 bits per heavy atom. The van der Waals surface area contributed by atoms with Crippen molar-refractivity contribution in [3.63, 3.8) is 0 Å². The smallest absolute Gasteiger partial charge is 0.346 e. The maximum atomic E-state index is 12.6. The summed E-state index contributed by atoms with van der Waals surface area (Å²) in [6.45, 7) is 2.07. The first-order chi connectivity index (χ1) is 12.2. The average molecular weight is 333 g/mol. The minimum atomic E-state index is -0.422. The van der Waals surface area contributed by atoms with E-state index in [-0.39, 0.29) is 0 Å². The van der Waals surface area contributed by atoms with Crippen LogP contribution in [0.4, 0.5) is 0 Å². The minimum absolute atomic E-state index is 0.311. The van der Waals surface area contributed by atoms with E-state index in [0.29, 0.717) is 17.6 Å². The average Bonchev–Trinajstić information content (AvgIpc) is 2.96. The summed E-state index contributed by atoms with van der Waals surface area (Å²) in [6.07, 6.45) is 4.91. The zero-order valence-corrected chi connectivity index (χ0v) is 13.6. The molecule has 0 fully saturated rings. The van der Waals surface area contributed by atoms with Crippen LogP contribution < -0.4 is 5.63 Å². The van der Waals surface area contributed by atoms with Crippen molar-refractivity contribution in [2.24, 2.45) is 0 Å². The second-order valence-corrected chi connectivity index (χ2v) is 5.56. The molecule has 0 saturated heterocycles. The van der Waals surface area contributed by atoms with Crippen LogP contribution in [0.2, 0.25) is 0 Å². The molecule has 5 heteroatoms. The van der Waals surface area contributed by atoms with Gasteiger partial charge in [-0.1, -0.05) is 24.3 Å². The highest BCUT2D eigenvalue weighted by Gasteiger charge is 2.17. The Labute approximate surface area is 142 Å². The Morgan fingerprint density at radius 3 is 2.80 bits per heavy atom. The number of aromatic nitrogens is 1. The minimum Gasteiger partial charge on any atom is -0.463 e. The molecule has 0 radical (unpaired) electrons. The Morgan fingerprint density at radius 2 is 1.96 bits per heavy atom. The highest BCUT2D eigenvalue weighted by molar-refractivity contribution is 6.14. The Kier molecular flexibility index (Phi) is 3.61. The highest BCUT2D eigenvalue weighted by atomic mass is 16.5. The molecule has 0 N–H and O–H groups in total. The number of benzene rings is 1. The van der Waals surface area contributed by atoms with Crippen LogP contribution in [0.1, 0.15) is 12.6 Å². The van der Waals surface area contributed by atoms with Crippen LogP contribution in [0.3, 0.4) is 0 Å². The zero-order chi connectivity index (χ0) is 17.4. The maximum Gasteiger partial charge on any atom is 0.346 e. The van der Waals surface area contributed by atoms with Crippen LogP contribution in [0.5, 0.6) is 0 Å². The molecule has 0 bridgehead atoms. The van der Waals surface area contributed by atoms with Crippen molar-refractivity contribution in [1.29, 1.82) is 0 Å². The molecule has 5 nitrogen and oxygen atoms in total. The molecule has 4 aromatic rings. The first-order valence-electron chi connectivity index (χ1n) is 8.00. The van der Waals surface area contributed by atoms with Gasteiger partial charge < -0.3 is 13.6 Å². The van der Waals surface area contributed by atoms with Gasteiger partial charge in [0.05, 0.1) is 23.2 Å². The number of ether oxygens (including phenoxy) is 1. The summed E-state index contributed by atoms with van der Waals surface area (Å²) in [5.41, 5.74) is 1.60. The van der Waals surface area contributed by atoms with E-state index < -0.39 is 11.6 Å². The number of hydrogen-bond acceptors (Lipinski definition) is 4. The molecule has 0 aliphatic heterocycles. The van der Waals surface area contributed by atoms with Gasteiger partial charge in [-0.3, -0.25) is 0 Å². The lowest BCUT2D eigenvalue weighted by Crippen LogP contribution is -1.99. The first-order valence-corrected chi connectivity index (χ1v) is 8.00. The molecule has 0 saturated carbocycles. The maximum absolute atomic E-state index is 12.6. The van der Waals surface area contributed by atoms with Gasteiger partial charge in [-0.15, -0.1) is 0 Å². The normalized spacial score (nSPS) is 11.7. The zero-order valence-electron chi connectivity index (χ0n) is 13.6. The molecule has 0 atom stereocenters. The van der Waals surface area contributed by atoms with Gasteiger partial charge in [0.1, 0.15) is 5.58 Å². The molecular weight excluding hydrogens is 318 g/mol. The van der Waals surface area contributed by atoms with Crippen molar-refractivity contribution >= 4 is 39.3 Å². The molecule has 3 aromatic heterocycles. The van der Waals surface area contributed by atoms with Crippen LogP contribution in [-0.4, -0.2) is 17.0 Å². The first kappa shape index (κ1) is 15.2. The Hall–Kier alpha value is -3.34. The van der Waals surface area contributed by atoms with Crippen molar-refractivity contribution in [2.45, 2.75) is 6.92 Å². The number of pyridine rings is 1. The van der Waals surface area contributed by atoms with E-state index in [2.05, 4.69) is 0 Å². The number of carbonyl (C=O) groups excluding carboxylic acids is 1. The number of esters is 1. The van der Waals surface area contributed by atoms with Crippen LogP contribution in [0.15, 0.2) is 63.9 Å². The van der Waals surface area contributed by atoms with Gasteiger partial charge in [-0.05, 0) is 31.2 Å². The third kappa shape index (κ3) is 2.41. The lowest BCUT2D eigenvalue weighted by molar-refractivity contribution is -0.137. The Balaban J connectivity index is 2.14. The molecule has 0 aliphatic carbocycles. The number of nitrogens with zero attached hydrogens (tertiary/aromatic N) is 1. The van der Waals surface area contributed by atoms with Crippen LogP contribution in [-0.2, 0) is 9.53 Å². The van der Waals surface area contributed by atoms with Crippen molar-refractivity contribution in [2.75, 3.05) is 6.61 Å². The van der Waals surface area contributed by atoms with Crippen molar-refractivity contribution < 1.29 is 13.9 Å². The molecule has 3 heterocycles. The molecule has 0 amide bonds. The van der Waals surface area contributed by atoms with Gasteiger partial charge in [0, 0.05) is 23.0 Å². The standard InChI is InChI=1S/C20H15NO4/c1-2-24-17(22)11-10-15-18-13-7-3-4-9-16(13)25-20(23)19(18)14-8-5-6-12-21(14)15/h3-12H,2H2,1H3/b11-10+. The van der Waals surface area contributed by atoms with Gasteiger partial charge in [-0.25, -0.2) is 9.59 Å². The number of carbonyl (C=O) groups is 1. The number of fused-ring (bicyclic) bond motifs is 5. The van der Waals surface area contributed by atoms with Crippen LogP contribution in [0.25, 0.3) is 33.3 Å². The Bertz CT molecular complexity index is 1200. The quantitative estimate of drug-likeness (QED) is 0.325. The van der Waals surface area contributed by atoms with Crippen molar-refractivity contribution in [3.8, 4) is 0 Å². The van der Waals surface area contributed by atoms with E-state index in [1.54, 1.807) is 19.1 Å². The summed E-state index contributed by atoms with van der Waals surface area (Å²) in [7, 11) is 0. The van der Waals surface area contributed by atoms with E-state index in [4.69, 9.17) is 9.15 Å². The molecule has 0 unspecified atom stereocenters. The van der Waals surface area contributed by atoms with Gasteiger partial charge >= 0.3 is 11.6 Å². The molecule has 25 heavy (non-hydrogen) atoms. The summed E-state index contributed by atoms with van der Waals surface area (Å²) in [6, 6.07) is 13.0. The topological polar surface area (TPSA) is 60.9 Å². The molecule has 0 aliphatic rings. The fourth-order valence-corrected chi connectivity index (χ4v) is 3.13. The summed E-state index contributed by atoms with van der Waals surface area (Å²) in [5.74, 6) is -0.422. The molecule has 124 valence electrons. The third-order valence-corrected chi connectivity index (χ3v) is 4.11. The van der Waals surface area contributed by atoms with E-state index in [1.165, 1.54) is 6.08 Å². The number of para-hydroxylation sites is 1. The molecular formula is C20H15NO4. The lowest BCUT2D eigenvalue weighted by Gasteiger charge is -2.00. The second kappa shape index (κ2) is 5.94. The monoisotopic (exact) mass is 333 g/mol. The van der Waals surface area contributed by atoms with Crippen molar-refractivity contribution in [1.82, 2.24) is 4.40 Å².